The highest BCUT2D eigenvalue weighted by atomic mass is 16.6. The molecule has 0 bridgehead atoms. The molecule has 13 heteroatoms. The Kier molecular flexibility index (Phi) is 4.49. The number of rotatable bonds is 6. The van der Waals surface area contributed by atoms with E-state index in [1.807, 2.05) is 0 Å². The first-order valence-electron chi connectivity index (χ1n) is 6.34. The Labute approximate surface area is 137 Å². The molecule has 0 unspecified atom stereocenters. The summed E-state index contributed by atoms with van der Waals surface area (Å²) in [6.45, 7) is 0. The number of benzene rings is 2. The highest BCUT2D eigenvalue weighted by molar-refractivity contribution is 5.80. The fraction of sp³-hybridized carbons (Fsp3) is 0. The SMILES string of the molecule is O=[N+]([O-])c1ccc(Nc2cccc([N+](=O)[O-])c2[N+](=O)[O-])c([N+](=O)[O-])c1. The van der Waals surface area contributed by atoms with Crippen LogP contribution >= 0.6 is 0 Å². The lowest BCUT2D eigenvalue weighted by molar-refractivity contribution is -0.421. The Morgan fingerprint density at radius 2 is 1.32 bits per heavy atom. The number of hydrogen-bond donors (Lipinski definition) is 1. The van der Waals surface area contributed by atoms with Crippen molar-refractivity contribution >= 4 is 34.1 Å². The van der Waals surface area contributed by atoms with Gasteiger partial charge in [0.2, 0.25) is 0 Å². The lowest BCUT2D eigenvalue weighted by atomic mass is 10.2. The molecule has 0 atom stereocenters. The first kappa shape index (κ1) is 17.2. The quantitative estimate of drug-likeness (QED) is 0.604. The van der Waals surface area contributed by atoms with Gasteiger partial charge < -0.3 is 5.32 Å². The predicted molar refractivity (Wildman–Crippen MR) is 82.8 cm³/mol. The van der Waals surface area contributed by atoms with E-state index in [0.29, 0.717) is 6.07 Å². The van der Waals surface area contributed by atoms with Crippen LogP contribution in [0.3, 0.4) is 0 Å². The number of hydrogen-bond acceptors (Lipinski definition) is 9. The van der Waals surface area contributed by atoms with E-state index < -0.39 is 42.4 Å². The predicted octanol–water partition coefficient (Wildman–Crippen LogP) is 3.06. The third kappa shape index (κ3) is 3.44. The molecule has 2 aromatic carbocycles. The summed E-state index contributed by atoms with van der Waals surface area (Å²) in [5.74, 6) is 0. The van der Waals surface area contributed by atoms with Crippen LogP contribution < -0.4 is 5.32 Å². The van der Waals surface area contributed by atoms with E-state index in [1.165, 1.54) is 0 Å². The molecule has 0 saturated heterocycles. The number of nitro groups is 4. The van der Waals surface area contributed by atoms with Gasteiger partial charge in [-0.1, -0.05) is 6.07 Å². The van der Waals surface area contributed by atoms with E-state index >= 15 is 0 Å². The highest BCUT2D eigenvalue weighted by Crippen LogP contribution is 2.38. The second-order valence-corrected chi connectivity index (χ2v) is 4.53. The summed E-state index contributed by atoms with van der Waals surface area (Å²) in [6.07, 6.45) is 0. The normalized spacial score (nSPS) is 10.1. The summed E-state index contributed by atoms with van der Waals surface area (Å²) >= 11 is 0. The third-order valence-corrected chi connectivity index (χ3v) is 3.05. The maximum absolute atomic E-state index is 11.1. The Bertz CT molecular complexity index is 912. The van der Waals surface area contributed by atoms with Gasteiger partial charge in [-0.25, -0.2) is 0 Å². The smallest absolute Gasteiger partial charge is 0.344 e. The molecule has 0 aliphatic rings. The van der Waals surface area contributed by atoms with Gasteiger partial charge in [0.25, 0.3) is 11.4 Å². The summed E-state index contributed by atoms with van der Waals surface area (Å²) in [5.41, 5.74) is -3.61. The minimum absolute atomic E-state index is 0.292. The molecule has 0 aliphatic carbocycles. The van der Waals surface area contributed by atoms with Gasteiger partial charge in [-0.05, 0) is 12.1 Å². The number of nitrogens with zero attached hydrogens (tertiary/aromatic N) is 4. The molecule has 0 aliphatic heterocycles. The van der Waals surface area contributed by atoms with E-state index in [-0.39, 0.29) is 11.4 Å². The van der Waals surface area contributed by atoms with Gasteiger partial charge in [-0.2, -0.15) is 0 Å². The van der Waals surface area contributed by atoms with Crippen molar-refractivity contribution < 1.29 is 19.7 Å². The Morgan fingerprint density at radius 1 is 0.680 bits per heavy atom. The van der Waals surface area contributed by atoms with Crippen LogP contribution in [-0.2, 0) is 0 Å². The van der Waals surface area contributed by atoms with Crippen molar-refractivity contribution in [1.82, 2.24) is 0 Å². The second-order valence-electron chi connectivity index (χ2n) is 4.53. The summed E-state index contributed by atoms with van der Waals surface area (Å²) in [6, 6.07) is 5.80. The maximum atomic E-state index is 11.1. The molecular weight excluding hydrogens is 342 g/mol. The van der Waals surface area contributed by atoms with Crippen molar-refractivity contribution in [2.75, 3.05) is 5.32 Å². The van der Waals surface area contributed by atoms with E-state index in [0.717, 1.165) is 30.3 Å². The van der Waals surface area contributed by atoms with Gasteiger partial charge >= 0.3 is 11.4 Å². The zero-order valence-corrected chi connectivity index (χ0v) is 12.0. The van der Waals surface area contributed by atoms with Crippen LogP contribution in [0.5, 0.6) is 0 Å². The molecule has 2 aromatic rings. The zero-order chi connectivity index (χ0) is 18.7. The van der Waals surface area contributed by atoms with E-state index in [1.54, 1.807) is 0 Å². The molecule has 0 saturated carbocycles. The first-order chi connectivity index (χ1) is 11.7. The average Bonchev–Trinajstić information content (AvgIpc) is 2.54. The highest BCUT2D eigenvalue weighted by Gasteiger charge is 2.29. The maximum Gasteiger partial charge on any atom is 0.369 e. The van der Waals surface area contributed by atoms with Crippen LogP contribution in [0.15, 0.2) is 36.4 Å². The Hall–Kier alpha value is -4.16. The minimum Gasteiger partial charge on any atom is -0.344 e. The van der Waals surface area contributed by atoms with Gasteiger partial charge in [0, 0.05) is 12.1 Å². The van der Waals surface area contributed by atoms with Gasteiger partial charge in [0.15, 0.2) is 0 Å². The molecule has 0 heterocycles. The number of nitrogens with one attached hydrogen (secondary N) is 1. The summed E-state index contributed by atoms with van der Waals surface area (Å²) in [4.78, 5) is 40.1. The first-order valence-corrected chi connectivity index (χ1v) is 6.34. The van der Waals surface area contributed by atoms with Crippen molar-refractivity contribution in [1.29, 1.82) is 0 Å². The molecule has 0 fully saturated rings. The van der Waals surface area contributed by atoms with E-state index in [9.17, 15) is 40.5 Å². The Morgan fingerprint density at radius 3 is 1.84 bits per heavy atom. The zero-order valence-electron chi connectivity index (χ0n) is 12.0. The molecule has 13 nitrogen and oxygen atoms in total. The second kappa shape index (κ2) is 6.53. The summed E-state index contributed by atoms with van der Waals surface area (Å²) < 4.78 is 0. The summed E-state index contributed by atoms with van der Waals surface area (Å²) in [5, 5.41) is 46.2. The number of anilines is 2. The largest absolute Gasteiger partial charge is 0.369 e. The van der Waals surface area contributed by atoms with Crippen molar-refractivity contribution in [3.8, 4) is 0 Å². The Balaban J connectivity index is 2.59. The lowest BCUT2D eigenvalue weighted by Gasteiger charge is -2.07. The van der Waals surface area contributed by atoms with E-state index in [4.69, 9.17) is 0 Å². The molecule has 2 rings (SSSR count). The van der Waals surface area contributed by atoms with Crippen molar-refractivity contribution in [3.05, 3.63) is 76.9 Å². The third-order valence-electron chi connectivity index (χ3n) is 3.05. The van der Waals surface area contributed by atoms with Gasteiger partial charge in [-0.15, -0.1) is 0 Å². The van der Waals surface area contributed by atoms with Crippen LogP contribution in [-0.4, -0.2) is 19.7 Å². The standard InChI is InChI=1S/C12H7N5O8/c18-14(19)7-4-5-8(11(6-7)16(22)23)13-9-2-1-3-10(15(20)21)12(9)17(24)25/h1-6,13H. The topological polar surface area (TPSA) is 185 Å². The number of nitro benzene ring substituents is 4. The van der Waals surface area contributed by atoms with Crippen LogP contribution in [0.25, 0.3) is 0 Å². The van der Waals surface area contributed by atoms with Gasteiger partial charge in [-0.3, -0.25) is 40.5 Å². The average molecular weight is 349 g/mol. The fourth-order valence-electron chi connectivity index (χ4n) is 2.01. The van der Waals surface area contributed by atoms with Crippen molar-refractivity contribution in [2.45, 2.75) is 0 Å². The molecular formula is C12H7N5O8. The van der Waals surface area contributed by atoms with Crippen LogP contribution in [0, 0.1) is 40.5 Å². The molecule has 0 amide bonds. The molecule has 25 heavy (non-hydrogen) atoms. The van der Waals surface area contributed by atoms with E-state index in [2.05, 4.69) is 5.32 Å². The van der Waals surface area contributed by atoms with Crippen LogP contribution in [0.1, 0.15) is 0 Å². The number of non-ortho nitro benzene ring substituents is 1. The molecule has 128 valence electrons. The molecule has 0 radical (unpaired) electrons. The fourth-order valence-corrected chi connectivity index (χ4v) is 2.01. The lowest BCUT2D eigenvalue weighted by Crippen LogP contribution is -2.03. The minimum atomic E-state index is -1.00. The molecule has 0 aromatic heterocycles. The van der Waals surface area contributed by atoms with Crippen LogP contribution in [0.2, 0.25) is 0 Å². The molecule has 0 spiro atoms. The van der Waals surface area contributed by atoms with Crippen molar-refractivity contribution in [3.63, 3.8) is 0 Å². The molecule has 1 N–H and O–H groups in total. The number of para-hydroxylation sites is 1. The monoisotopic (exact) mass is 349 g/mol. The summed E-state index contributed by atoms with van der Waals surface area (Å²) in [7, 11) is 0. The van der Waals surface area contributed by atoms with Gasteiger partial charge in [0.1, 0.15) is 11.4 Å². The van der Waals surface area contributed by atoms with Crippen molar-refractivity contribution in [2.24, 2.45) is 0 Å². The van der Waals surface area contributed by atoms with Crippen LogP contribution in [0.4, 0.5) is 34.1 Å². The van der Waals surface area contributed by atoms with Gasteiger partial charge in [0.05, 0.1) is 25.8 Å².